The number of esters is 2. The molecule has 0 saturated carbocycles. The fourth-order valence-electron chi connectivity index (χ4n) is 4.81. The van der Waals surface area contributed by atoms with Gasteiger partial charge in [0.2, 0.25) is 0 Å². The number of carbonyl (C=O) groups excluding carboxylic acids is 2. The van der Waals surface area contributed by atoms with Crippen LogP contribution >= 0.6 is 0 Å². The van der Waals surface area contributed by atoms with Crippen LogP contribution in [0.3, 0.4) is 0 Å². The van der Waals surface area contributed by atoms with Crippen LogP contribution in [-0.4, -0.2) is 42.8 Å². The van der Waals surface area contributed by atoms with Gasteiger partial charge in [0.25, 0.3) is 0 Å². The van der Waals surface area contributed by atoms with Crippen LogP contribution in [-0.2, 0) is 38.5 Å². The van der Waals surface area contributed by atoms with Crippen molar-refractivity contribution in [2.75, 3.05) is 13.2 Å². The largest absolute Gasteiger partial charge is 0.489 e. The number of nitrogens with two attached hydrogens (primary N) is 2. The standard InChI is InChI=1S/C39H48N2O6/c1-38(2,27-46-36(42)34(40)23-28-15-19-32(20-16-28)44-25-30-11-7-5-8-12-30)39(3,4)47-37(43)35(41)24-29-17-21-33(22-18-29)45-26-31-13-9-6-10-14-31/h5-7,9-11,13-22,34-35H,8,12,23-27,40-41H2,1-4H3. The second-order valence-electron chi connectivity index (χ2n) is 13.2. The lowest BCUT2D eigenvalue weighted by atomic mass is 9.77. The van der Waals surface area contributed by atoms with Crippen molar-refractivity contribution in [3.8, 4) is 11.5 Å². The lowest BCUT2D eigenvalue weighted by Gasteiger charge is -2.40. The molecule has 0 fully saturated rings. The van der Waals surface area contributed by atoms with Crippen molar-refractivity contribution in [1.29, 1.82) is 0 Å². The molecule has 2 atom stereocenters. The molecule has 2 unspecified atom stereocenters. The summed E-state index contributed by atoms with van der Waals surface area (Å²) in [7, 11) is 0. The van der Waals surface area contributed by atoms with Crippen LogP contribution in [0.5, 0.6) is 11.5 Å². The highest BCUT2D eigenvalue weighted by atomic mass is 16.6. The van der Waals surface area contributed by atoms with E-state index in [9.17, 15) is 9.59 Å². The molecule has 8 heteroatoms. The maximum absolute atomic E-state index is 13.0. The summed E-state index contributed by atoms with van der Waals surface area (Å²) in [6.07, 6.45) is 8.98. The minimum Gasteiger partial charge on any atom is -0.489 e. The van der Waals surface area contributed by atoms with Gasteiger partial charge in [0, 0.05) is 5.41 Å². The molecule has 8 nitrogen and oxygen atoms in total. The van der Waals surface area contributed by atoms with Gasteiger partial charge in [0.1, 0.15) is 49.0 Å². The molecule has 3 aromatic carbocycles. The van der Waals surface area contributed by atoms with Crippen molar-refractivity contribution in [2.45, 2.75) is 77.7 Å². The van der Waals surface area contributed by atoms with Crippen molar-refractivity contribution in [3.63, 3.8) is 0 Å². The van der Waals surface area contributed by atoms with E-state index in [0.29, 0.717) is 26.1 Å². The number of rotatable bonds is 16. The topological polar surface area (TPSA) is 123 Å². The smallest absolute Gasteiger partial charge is 0.323 e. The second kappa shape index (κ2) is 16.4. The summed E-state index contributed by atoms with van der Waals surface area (Å²) < 4.78 is 23.2. The highest BCUT2D eigenvalue weighted by Gasteiger charge is 2.42. The number of hydrogen-bond donors (Lipinski definition) is 2. The summed E-state index contributed by atoms with van der Waals surface area (Å²) in [6.45, 7) is 8.36. The first-order valence-electron chi connectivity index (χ1n) is 16.1. The Hall–Kier alpha value is -4.40. The fourth-order valence-corrected chi connectivity index (χ4v) is 4.81. The first-order valence-corrected chi connectivity index (χ1v) is 16.1. The van der Waals surface area contributed by atoms with Gasteiger partial charge in [-0.15, -0.1) is 0 Å². The molecule has 250 valence electrons. The number of benzene rings is 3. The molecule has 0 spiro atoms. The summed E-state index contributed by atoms with van der Waals surface area (Å²) in [4.78, 5) is 25.8. The van der Waals surface area contributed by atoms with Crippen LogP contribution in [0.1, 0.15) is 57.2 Å². The molecule has 0 aliphatic heterocycles. The zero-order chi connectivity index (χ0) is 33.9. The van der Waals surface area contributed by atoms with Gasteiger partial charge in [0.05, 0.1) is 0 Å². The van der Waals surface area contributed by atoms with Gasteiger partial charge in [-0.3, -0.25) is 9.59 Å². The molecule has 3 aromatic rings. The van der Waals surface area contributed by atoms with E-state index >= 15 is 0 Å². The van der Waals surface area contributed by atoms with Crippen molar-refractivity contribution >= 4 is 11.9 Å². The van der Waals surface area contributed by atoms with E-state index < -0.39 is 35.0 Å². The number of ether oxygens (including phenoxy) is 4. The van der Waals surface area contributed by atoms with Crippen LogP contribution in [0.25, 0.3) is 0 Å². The van der Waals surface area contributed by atoms with Crippen molar-refractivity contribution in [1.82, 2.24) is 0 Å². The van der Waals surface area contributed by atoms with Gasteiger partial charge in [-0.2, -0.15) is 0 Å². The Bertz CT molecular complexity index is 1510. The van der Waals surface area contributed by atoms with Gasteiger partial charge in [-0.05, 0) is 86.1 Å². The average Bonchev–Trinajstić information content (AvgIpc) is 3.07. The molecule has 4 rings (SSSR count). The van der Waals surface area contributed by atoms with Crippen molar-refractivity contribution in [3.05, 3.63) is 119 Å². The SMILES string of the molecule is CC(C)(COC(=O)C(N)Cc1ccc(OCC2=CC=CCC2)cc1)C(C)(C)OC(=O)C(N)Cc1ccc(OCc2ccccc2)cc1. The monoisotopic (exact) mass is 640 g/mol. The van der Waals surface area contributed by atoms with E-state index in [-0.39, 0.29) is 6.61 Å². The van der Waals surface area contributed by atoms with E-state index in [0.717, 1.165) is 41.0 Å². The Morgan fingerprint density at radius 1 is 0.723 bits per heavy atom. The Morgan fingerprint density at radius 2 is 1.28 bits per heavy atom. The number of allylic oxidation sites excluding steroid dienone is 3. The molecule has 0 bridgehead atoms. The molecule has 1 aliphatic rings. The van der Waals surface area contributed by atoms with Crippen molar-refractivity contribution in [2.24, 2.45) is 16.9 Å². The minimum atomic E-state index is -0.985. The first kappa shape index (κ1) is 35.5. The van der Waals surface area contributed by atoms with Crippen LogP contribution < -0.4 is 20.9 Å². The Morgan fingerprint density at radius 3 is 1.83 bits per heavy atom. The molecule has 4 N–H and O–H groups in total. The predicted molar refractivity (Wildman–Crippen MR) is 184 cm³/mol. The minimum absolute atomic E-state index is 0.0112. The molecule has 0 radical (unpaired) electrons. The van der Waals surface area contributed by atoms with E-state index in [1.165, 1.54) is 5.57 Å². The van der Waals surface area contributed by atoms with Crippen molar-refractivity contribution < 1.29 is 28.5 Å². The highest BCUT2D eigenvalue weighted by Crippen LogP contribution is 2.35. The molecule has 0 aromatic heterocycles. The zero-order valence-electron chi connectivity index (χ0n) is 27.9. The Kier molecular flexibility index (Phi) is 12.4. The van der Waals surface area contributed by atoms with Gasteiger partial charge >= 0.3 is 11.9 Å². The summed E-state index contributed by atoms with van der Waals surface area (Å²) in [5.41, 5.74) is 14.9. The molecule has 0 heterocycles. The van der Waals surface area contributed by atoms with Gasteiger partial charge in [0.15, 0.2) is 0 Å². The van der Waals surface area contributed by atoms with Gasteiger partial charge < -0.3 is 30.4 Å². The van der Waals surface area contributed by atoms with E-state index in [1.54, 1.807) is 13.8 Å². The van der Waals surface area contributed by atoms with E-state index in [2.05, 4.69) is 18.2 Å². The van der Waals surface area contributed by atoms with Crippen LogP contribution in [0.15, 0.2) is 103 Å². The molecular formula is C39H48N2O6. The molecular weight excluding hydrogens is 592 g/mol. The third-order valence-electron chi connectivity index (χ3n) is 8.70. The predicted octanol–water partition coefficient (Wildman–Crippen LogP) is 6.25. The summed E-state index contributed by atoms with van der Waals surface area (Å²) in [5.74, 6) is 0.441. The van der Waals surface area contributed by atoms with Crippen LogP contribution in [0, 0.1) is 5.41 Å². The molecule has 1 aliphatic carbocycles. The average molecular weight is 641 g/mol. The first-order chi connectivity index (χ1) is 22.4. The lowest BCUT2D eigenvalue weighted by Crippen LogP contribution is -2.50. The molecule has 47 heavy (non-hydrogen) atoms. The highest BCUT2D eigenvalue weighted by molar-refractivity contribution is 5.77. The van der Waals surface area contributed by atoms with E-state index in [1.807, 2.05) is 92.7 Å². The molecule has 0 saturated heterocycles. The number of hydrogen-bond acceptors (Lipinski definition) is 8. The Balaban J connectivity index is 1.20. The summed E-state index contributed by atoms with van der Waals surface area (Å²) in [5, 5.41) is 0. The fraction of sp³-hybridized carbons (Fsp3) is 0.385. The lowest BCUT2D eigenvalue weighted by molar-refractivity contribution is -0.177. The van der Waals surface area contributed by atoms with Gasteiger partial charge in [-0.25, -0.2) is 0 Å². The van der Waals surface area contributed by atoms with E-state index in [4.69, 9.17) is 30.4 Å². The van der Waals surface area contributed by atoms with Gasteiger partial charge in [-0.1, -0.05) is 86.7 Å². The summed E-state index contributed by atoms with van der Waals surface area (Å²) >= 11 is 0. The molecule has 0 amide bonds. The Labute approximate surface area is 278 Å². The normalized spacial score (nSPS) is 14.5. The maximum atomic E-state index is 13.0. The third-order valence-corrected chi connectivity index (χ3v) is 8.70. The van der Waals surface area contributed by atoms with Crippen LogP contribution in [0.4, 0.5) is 0 Å². The maximum Gasteiger partial charge on any atom is 0.323 e. The quantitative estimate of drug-likeness (QED) is 0.176. The zero-order valence-corrected chi connectivity index (χ0v) is 27.9. The second-order valence-corrected chi connectivity index (χ2v) is 13.2. The number of carbonyl (C=O) groups is 2. The van der Waals surface area contributed by atoms with Crippen LogP contribution in [0.2, 0.25) is 0 Å². The third kappa shape index (κ3) is 10.8. The summed E-state index contributed by atoms with van der Waals surface area (Å²) in [6, 6.07) is 23.3.